The summed E-state index contributed by atoms with van der Waals surface area (Å²) in [6.07, 6.45) is 3.73. The molecule has 0 aliphatic rings. The predicted octanol–water partition coefficient (Wildman–Crippen LogP) is 2.80. The first-order valence-electron chi connectivity index (χ1n) is 6.78. The number of H-pyrrole nitrogens is 1. The first-order valence-corrected chi connectivity index (χ1v) is 7.53. The molecule has 0 aromatic carbocycles. The van der Waals surface area contributed by atoms with Gasteiger partial charge in [-0.25, -0.2) is 4.98 Å². The van der Waals surface area contributed by atoms with Crippen LogP contribution in [0, 0.1) is 6.92 Å². The molecule has 2 aromatic rings. The summed E-state index contributed by atoms with van der Waals surface area (Å²) in [6.45, 7) is 5.50. The van der Waals surface area contributed by atoms with Gasteiger partial charge in [-0.05, 0) is 32.8 Å². The van der Waals surface area contributed by atoms with Gasteiger partial charge in [0, 0.05) is 18.8 Å². The Morgan fingerprint density at radius 2 is 1.95 bits per heavy atom. The van der Waals surface area contributed by atoms with Crippen LogP contribution in [0.3, 0.4) is 0 Å². The Labute approximate surface area is 138 Å². The Balaban J connectivity index is 1.98. The van der Waals surface area contributed by atoms with Gasteiger partial charge in [0.05, 0.1) is 15.6 Å². The van der Waals surface area contributed by atoms with Gasteiger partial charge in [-0.15, -0.1) is 0 Å². The number of rotatable bonds is 5. The van der Waals surface area contributed by atoms with Gasteiger partial charge >= 0.3 is 0 Å². The number of carbonyl (C=O) groups is 1. The molecule has 0 spiro atoms. The van der Waals surface area contributed by atoms with E-state index < -0.39 is 5.54 Å². The van der Waals surface area contributed by atoms with E-state index in [2.05, 4.69) is 25.5 Å². The lowest BCUT2D eigenvalue weighted by atomic mass is 10.0. The number of nitrogens with zero attached hydrogens (tertiary/aromatic N) is 3. The van der Waals surface area contributed by atoms with Crippen molar-refractivity contribution in [2.45, 2.75) is 39.2 Å². The maximum absolute atomic E-state index is 12.2. The minimum absolute atomic E-state index is 0.128. The van der Waals surface area contributed by atoms with Crippen molar-refractivity contribution in [1.82, 2.24) is 25.5 Å². The van der Waals surface area contributed by atoms with E-state index in [-0.39, 0.29) is 12.3 Å². The van der Waals surface area contributed by atoms with Gasteiger partial charge in [0.25, 0.3) is 0 Å². The van der Waals surface area contributed by atoms with Crippen LogP contribution >= 0.6 is 23.2 Å². The summed E-state index contributed by atoms with van der Waals surface area (Å²) in [7, 11) is 0. The van der Waals surface area contributed by atoms with E-state index in [4.69, 9.17) is 23.2 Å². The smallest absolute Gasteiger partial charge is 0.221 e. The van der Waals surface area contributed by atoms with Gasteiger partial charge in [0.1, 0.15) is 5.82 Å². The number of carbonyl (C=O) groups excluding carboxylic acids is 1. The average molecular weight is 342 g/mol. The molecule has 1 amide bonds. The minimum atomic E-state index is -0.659. The summed E-state index contributed by atoms with van der Waals surface area (Å²) in [4.78, 5) is 20.3. The molecule has 2 aromatic heterocycles. The van der Waals surface area contributed by atoms with E-state index in [0.717, 1.165) is 5.56 Å². The van der Waals surface area contributed by atoms with Crippen LogP contribution in [0.15, 0.2) is 12.4 Å². The van der Waals surface area contributed by atoms with Crippen LogP contribution in [-0.2, 0) is 16.8 Å². The summed E-state index contributed by atoms with van der Waals surface area (Å²) < 4.78 is 0. The maximum atomic E-state index is 12.2. The second-order valence-electron chi connectivity index (χ2n) is 5.50. The summed E-state index contributed by atoms with van der Waals surface area (Å²) in [5.41, 5.74) is 0.0632. The Hall–Kier alpha value is -1.66. The summed E-state index contributed by atoms with van der Waals surface area (Å²) in [6, 6.07) is 0. The normalized spacial score (nSPS) is 11.5. The number of halogens is 2. The van der Waals surface area contributed by atoms with Crippen LogP contribution in [0.2, 0.25) is 10.0 Å². The highest BCUT2D eigenvalue weighted by Gasteiger charge is 2.27. The number of hydrogen-bond acceptors (Lipinski definition) is 4. The third-order valence-electron chi connectivity index (χ3n) is 3.16. The SMILES string of the molecule is Cc1nc(C(C)(C)NC(=O)CCc2c(Cl)cncc2Cl)n[nH]1. The van der Waals surface area contributed by atoms with Crippen molar-refractivity contribution < 1.29 is 4.79 Å². The second-order valence-corrected chi connectivity index (χ2v) is 6.31. The van der Waals surface area contributed by atoms with Crippen molar-refractivity contribution >= 4 is 29.1 Å². The highest BCUT2D eigenvalue weighted by atomic mass is 35.5. The van der Waals surface area contributed by atoms with Gasteiger partial charge in [-0.2, -0.15) is 5.10 Å². The molecule has 22 heavy (non-hydrogen) atoms. The topological polar surface area (TPSA) is 83.6 Å². The van der Waals surface area contributed by atoms with Crippen molar-refractivity contribution in [2.75, 3.05) is 0 Å². The molecule has 0 atom stereocenters. The van der Waals surface area contributed by atoms with Gasteiger partial charge in [-0.3, -0.25) is 14.9 Å². The number of aromatic amines is 1. The zero-order valence-corrected chi connectivity index (χ0v) is 14.1. The number of aromatic nitrogens is 4. The van der Waals surface area contributed by atoms with E-state index in [1.807, 2.05) is 20.8 Å². The first-order chi connectivity index (χ1) is 10.3. The number of aryl methyl sites for hydroxylation is 1. The molecule has 2 N–H and O–H groups in total. The quantitative estimate of drug-likeness (QED) is 0.875. The lowest BCUT2D eigenvalue weighted by Crippen LogP contribution is -2.42. The molecule has 0 bridgehead atoms. The third kappa shape index (κ3) is 3.96. The van der Waals surface area contributed by atoms with Crippen molar-refractivity contribution in [2.24, 2.45) is 0 Å². The van der Waals surface area contributed by atoms with Crippen LogP contribution in [-0.4, -0.2) is 26.1 Å². The molecular formula is C14H17Cl2N5O. The van der Waals surface area contributed by atoms with E-state index in [1.54, 1.807) is 0 Å². The zero-order chi connectivity index (χ0) is 16.3. The molecule has 118 valence electrons. The van der Waals surface area contributed by atoms with Crippen molar-refractivity contribution in [1.29, 1.82) is 0 Å². The zero-order valence-electron chi connectivity index (χ0n) is 12.6. The molecule has 6 nitrogen and oxygen atoms in total. The van der Waals surface area contributed by atoms with Gasteiger partial charge < -0.3 is 5.32 Å². The van der Waals surface area contributed by atoms with Crippen LogP contribution < -0.4 is 5.32 Å². The van der Waals surface area contributed by atoms with Crippen LogP contribution in [0.1, 0.15) is 37.5 Å². The Morgan fingerprint density at radius 3 is 2.50 bits per heavy atom. The number of pyridine rings is 1. The standard InChI is InChI=1S/C14H17Cl2N5O/c1-8-18-13(21-20-8)14(2,3)19-12(22)5-4-9-10(15)6-17-7-11(9)16/h6-7H,4-5H2,1-3H3,(H,19,22)(H,18,20,21). The maximum Gasteiger partial charge on any atom is 0.221 e. The predicted molar refractivity (Wildman–Crippen MR) is 84.9 cm³/mol. The van der Waals surface area contributed by atoms with Gasteiger partial charge in [-0.1, -0.05) is 23.2 Å². The summed E-state index contributed by atoms with van der Waals surface area (Å²) in [5, 5.41) is 10.7. The van der Waals surface area contributed by atoms with E-state index in [1.165, 1.54) is 12.4 Å². The molecule has 8 heteroatoms. The molecule has 0 aliphatic carbocycles. The minimum Gasteiger partial charge on any atom is -0.344 e. The van der Waals surface area contributed by atoms with E-state index in [9.17, 15) is 4.79 Å². The van der Waals surface area contributed by atoms with Crippen LogP contribution in [0.4, 0.5) is 0 Å². The van der Waals surface area contributed by atoms with Crippen molar-refractivity contribution in [3.05, 3.63) is 39.7 Å². The average Bonchev–Trinajstić information content (AvgIpc) is 2.85. The lowest BCUT2D eigenvalue weighted by Gasteiger charge is -2.23. The molecule has 0 saturated heterocycles. The molecule has 0 saturated carbocycles. The first kappa shape index (κ1) is 16.7. The summed E-state index contributed by atoms with van der Waals surface area (Å²) in [5.74, 6) is 1.11. The second kappa shape index (κ2) is 6.62. The Morgan fingerprint density at radius 1 is 1.32 bits per heavy atom. The number of nitrogens with one attached hydrogen (secondary N) is 2. The fourth-order valence-electron chi connectivity index (χ4n) is 2.00. The fraction of sp³-hybridized carbons (Fsp3) is 0.429. The Kier molecular flexibility index (Phi) is 5.03. The molecule has 2 rings (SSSR count). The van der Waals surface area contributed by atoms with E-state index in [0.29, 0.717) is 28.1 Å². The molecule has 2 heterocycles. The highest BCUT2D eigenvalue weighted by Crippen LogP contribution is 2.24. The Bertz CT molecular complexity index is 663. The largest absolute Gasteiger partial charge is 0.344 e. The molecular weight excluding hydrogens is 325 g/mol. The van der Waals surface area contributed by atoms with Crippen molar-refractivity contribution in [3.63, 3.8) is 0 Å². The van der Waals surface area contributed by atoms with Gasteiger partial charge in [0.2, 0.25) is 5.91 Å². The number of amides is 1. The van der Waals surface area contributed by atoms with Crippen LogP contribution in [0.5, 0.6) is 0 Å². The lowest BCUT2D eigenvalue weighted by molar-refractivity contribution is -0.122. The van der Waals surface area contributed by atoms with Gasteiger partial charge in [0.15, 0.2) is 5.82 Å². The third-order valence-corrected chi connectivity index (χ3v) is 3.81. The van der Waals surface area contributed by atoms with E-state index >= 15 is 0 Å². The van der Waals surface area contributed by atoms with Crippen LogP contribution in [0.25, 0.3) is 0 Å². The molecule has 0 fully saturated rings. The number of hydrogen-bond donors (Lipinski definition) is 2. The van der Waals surface area contributed by atoms with Crippen molar-refractivity contribution in [3.8, 4) is 0 Å². The molecule has 0 aliphatic heterocycles. The molecule has 0 radical (unpaired) electrons. The highest BCUT2D eigenvalue weighted by molar-refractivity contribution is 6.35. The monoisotopic (exact) mass is 341 g/mol. The summed E-state index contributed by atoms with van der Waals surface area (Å²) >= 11 is 12.1. The molecule has 0 unspecified atom stereocenters. The fourth-order valence-corrected chi connectivity index (χ4v) is 2.56.